The number of hydrogen-bond donors (Lipinski definition) is 2. The van der Waals surface area contributed by atoms with Crippen molar-refractivity contribution in [2.75, 3.05) is 60.1 Å². The highest BCUT2D eigenvalue weighted by molar-refractivity contribution is 5.79. The van der Waals surface area contributed by atoms with Crippen LogP contribution in [0.2, 0.25) is 0 Å². The fraction of sp³-hybridized carbons (Fsp3) is 0.611. The fourth-order valence-corrected chi connectivity index (χ4v) is 2.09. The third-order valence-corrected chi connectivity index (χ3v) is 3.40. The van der Waals surface area contributed by atoms with Crippen LogP contribution in [0.5, 0.6) is 5.75 Å². The van der Waals surface area contributed by atoms with Crippen LogP contribution >= 0.6 is 0 Å². The minimum Gasteiger partial charge on any atom is -0.492 e. The van der Waals surface area contributed by atoms with Gasteiger partial charge >= 0.3 is 0 Å². The Balaban J connectivity index is 2.19. The van der Waals surface area contributed by atoms with Gasteiger partial charge in [-0.25, -0.2) is 0 Å². The molecule has 0 unspecified atom stereocenters. The van der Waals surface area contributed by atoms with E-state index in [0.29, 0.717) is 13.2 Å². The highest BCUT2D eigenvalue weighted by Gasteiger charge is 1.99. The van der Waals surface area contributed by atoms with Gasteiger partial charge in [0, 0.05) is 26.7 Å². The zero-order chi connectivity index (χ0) is 17.5. The van der Waals surface area contributed by atoms with Gasteiger partial charge in [-0.05, 0) is 39.1 Å². The van der Waals surface area contributed by atoms with Crippen LogP contribution in [-0.2, 0) is 4.74 Å². The molecule has 0 heterocycles. The minimum absolute atomic E-state index is 0.605. The molecule has 136 valence electrons. The molecule has 0 saturated carbocycles. The lowest BCUT2D eigenvalue weighted by atomic mass is 10.3. The predicted molar refractivity (Wildman–Crippen MR) is 99.9 cm³/mol. The molecular weight excluding hydrogens is 304 g/mol. The van der Waals surface area contributed by atoms with Crippen LogP contribution in [0.4, 0.5) is 0 Å². The van der Waals surface area contributed by atoms with Crippen LogP contribution in [0.15, 0.2) is 35.3 Å². The maximum absolute atomic E-state index is 5.67. The second kappa shape index (κ2) is 13.6. The highest BCUT2D eigenvalue weighted by Crippen LogP contribution is 2.07. The molecule has 0 aliphatic carbocycles. The molecule has 0 spiro atoms. The van der Waals surface area contributed by atoms with Gasteiger partial charge in [0.1, 0.15) is 12.4 Å². The summed E-state index contributed by atoms with van der Waals surface area (Å²) in [4.78, 5) is 6.85. The van der Waals surface area contributed by atoms with Crippen molar-refractivity contribution >= 4 is 5.96 Å². The number of guanidine groups is 1. The lowest BCUT2D eigenvalue weighted by Gasteiger charge is -2.15. The third-order valence-electron chi connectivity index (χ3n) is 3.40. The van der Waals surface area contributed by atoms with Crippen molar-refractivity contribution in [1.29, 1.82) is 0 Å². The molecule has 1 rings (SSSR count). The van der Waals surface area contributed by atoms with E-state index >= 15 is 0 Å². The summed E-state index contributed by atoms with van der Waals surface area (Å²) in [6.45, 7) is 7.77. The summed E-state index contributed by atoms with van der Waals surface area (Å²) in [5.41, 5.74) is 0. The highest BCUT2D eigenvalue weighted by atomic mass is 16.5. The van der Waals surface area contributed by atoms with Crippen molar-refractivity contribution in [3.63, 3.8) is 0 Å². The maximum atomic E-state index is 5.67. The van der Waals surface area contributed by atoms with Gasteiger partial charge in [0.15, 0.2) is 5.96 Å². The van der Waals surface area contributed by atoms with Crippen molar-refractivity contribution in [1.82, 2.24) is 15.5 Å². The van der Waals surface area contributed by atoms with E-state index in [-0.39, 0.29) is 0 Å². The molecule has 0 amide bonds. The van der Waals surface area contributed by atoms with Crippen LogP contribution in [0.1, 0.15) is 13.3 Å². The van der Waals surface area contributed by atoms with E-state index in [2.05, 4.69) is 34.5 Å². The van der Waals surface area contributed by atoms with Gasteiger partial charge in [-0.15, -0.1) is 0 Å². The third kappa shape index (κ3) is 10.1. The van der Waals surface area contributed by atoms with Gasteiger partial charge in [0.25, 0.3) is 0 Å². The largest absolute Gasteiger partial charge is 0.492 e. The molecule has 24 heavy (non-hydrogen) atoms. The Morgan fingerprint density at radius 1 is 1.12 bits per heavy atom. The number of nitrogens with zero attached hydrogens (tertiary/aromatic N) is 2. The van der Waals surface area contributed by atoms with Gasteiger partial charge in [-0.1, -0.05) is 18.2 Å². The molecule has 0 bridgehead atoms. The summed E-state index contributed by atoms with van der Waals surface area (Å²) >= 11 is 0. The monoisotopic (exact) mass is 336 g/mol. The molecule has 0 saturated heterocycles. The summed E-state index contributed by atoms with van der Waals surface area (Å²) in [6.07, 6.45) is 1.03. The quantitative estimate of drug-likeness (QED) is 0.345. The van der Waals surface area contributed by atoms with Crippen LogP contribution in [-0.4, -0.2) is 71.0 Å². The molecule has 0 atom stereocenters. The molecule has 0 aliphatic rings. The number of likely N-dealkylation sites (N-methyl/N-ethyl adjacent to an activating group) is 1. The van der Waals surface area contributed by atoms with Crippen molar-refractivity contribution < 1.29 is 9.47 Å². The number of hydrogen-bond acceptors (Lipinski definition) is 4. The van der Waals surface area contributed by atoms with Crippen LogP contribution in [0, 0.1) is 0 Å². The second-order valence-electron chi connectivity index (χ2n) is 5.50. The molecule has 6 nitrogen and oxygen atoms in total. The number of aliphatic imine (C=N–C) groups is 1. The van der Waals surface area contributed by atoms with Crippen molar-refractivity contribution in [3.05, 3.63) is 30.3 Å². The standard InChI is InChI=1S/C18H32N4O2/c1-4-19-18(20-11-8-13-22(2)14-16-23-3)21-12-15-24-17-9-6-5-7-10-17/h5-7,9-10H,4,8,11-16H2,1-3H3,(H2,19,20,21). The van der Waals surface area contributed by atoms with E-state index in [1.54, 1.807) is 7.11 Å². The molecule has 0 radical (unpaired) electrons. The number of methoxy groups -OCH3 is 1. The summed E-state index contributed by atoms with van der Waals surface area (Å²) in [5.74, 6) is 1.73. The summed E-state index contributed by atoms with van der Waals surface area (Å²) in [6, 6.07) is 9.84. The lowest BCUT2D eigenvalue weighted by molar-refractivity contribution is 0.161. The predicted octanol–water partition coefficient (Wildman–Crippen LogP) is 1.59. The van der Waals surface area contributed by atoms with Crippen LogP contribution in [0.25, 0.3) is 0 Å². The Morgan fingerprint density at radius 2 is 1.92 bits per heavy atom. The van der Waals surface area contributed by atoms with Crippen molar-refractivity contribution in [3.8, 4) is 5.75 Å². The molecule has 0 aliphatic heterocycles. The summed E-state index contributed by atoms with van der Waals surface area (Å²) in [7, 11) is 3.83. The van der Waals surface area contributed by atoms with Gasteiger partial charge in [0.2, 0.25) is 0 Å². The van der Waals surface area contributed by atoms with E-state index in [4.69, 9.17) is 9.47 Å². The Labute approximate surface area is 146 Å². The van der Waals surface area contributed by atoms with E-state index in [9.17, 15) is 0 Å². The number of benzene rings is 1. The molecule has 2 N–H and O–H groups in total. The average Bonchev–Trinajstić information content (AvgIpc) is 2.61. The Hall–Kier alpha value is -1.79. The van der Waals surface area contributed by atoms with E-state index in [0.717, 1.165) is 50.9 Å². The Morgan fingerprint density at radius 3 is 2.62 bits per heavy atom. The lowest BCUT2D eigenvalue weighted by Crippen LogP contribution is -2.39. The minimum atomic E-state index is 0.605. The van der Waals surface area contributed by atoms with Crippen LogP contribution in [0.3, 0.4) is 0 Å². The number of rotatable bonds is 12. The first-order chi connectivity index (χ1) is 11.8. The first-order valence-corrected chi connectivity index (χ1v) is 8.63. The normalized spacial score (nSPS) is 11.6. The van der Waals surface area contributed by atoms with Gasteiger partial charge < -0.3 is 25.0 Å². The fourth-order valence-electron chi connectivity index (χ4n) is 2.09. The first-order valence-electron chi connectivity index (χ1n) is 8.63. The summed E-state index contributed by atoms with van der Waals surface area (Å²) < 4.78 is 10.7. The van der Waals surface area contributed by atoms with Crippen molar-refractivity contribution in [2.24, 2.45) is 4.99 Å². The topological polar surface area (TPSA) is 58.1 Å². The number of nitrogens with one attached hydrogen (secondary N) is 2. The van der Waals surface area contributed by atoms with Crippen LogP contribution < -0.4 is 15.4 Å². The SMILES string of the molecule is CCNC(=NCCCN(C)CCOC)NCCOc1ccccc1. The maximum Gasteiger partial charge on any atom is 0.191 e. The molecule has 1 aromatic rings. The Bertz CT molecular complexity index is 440. The number of para-hydroxylation sites is 1. The first kappa shape index (κ1) is 20.3. The summed E-state index contributed by atoms with van der Waals surface area (Å²) in [5, 5.41) is 6.55. The van der Waals surface area contributed by atoms with E-state index in [1.165, 1.54) is 0 Å². The van der Waals surface area contributed by atoms with E-state index in [1.807, 2.05) is 30.3 Å². The van der Waals surface area contributed by atoms with Gasteiger partial charge in [0.05, 0.1) is 13.2 Å². The van der Waals surface area contributed by atoms with Crippen molar-refractivity contribution in [2.45, 2.75) is 13.3 Å². The zero-order valence-electron chi connectivity index (χ0n) is 15.3. The average molecular weight is 336 g/mol. The Kier molecular flexibility index (Phi) is 11.5. The molecular formula is C18H32N4O2. The molecule has 6 heteroatoms. The zero-order valence-corrected chi connectivity index (χ0v) is 15.3. The molecule has 0 aromatic heterocycles. The second-order valence-corrected chi connectivity index (χ2v) is 5.50. The van der Waals surface area contributed by atoms with E-state index < -0.39 is 0 Å². The van der Waals surface area contributed by atoms with Gasteiger partial charge in [-0.2, -0.15) is 0 Å². The molecule has 0 fully saturated rings. The van der Waals surface area contributed by atoms with Gasteiger partial charge in [-0.3, -0.25) is 4.99 Å². The smallest absolute Gasteiger partial charge is 0.191 e. The number of ether oxygens (including phenoxy) is 2. The molecule has 1 aromatic carbocycles.